The highest BCUT2D eigenvalue weighted by molar-refractivity contribution is 6.45. The number of amides is 2. The van der Waals surface area contributed by atoms with Gasteiger partial charge in [-0.05, 0) is 86.0 Å². The van der Waals surface area contributed by atoms with Crippen molar-refractivity contribution in [1.82, 2.24) is 10.6 Å². The standard InChI is InChI=1S/C32H51BN2O8/c1-29(2,3)41-28(38)35-25(22-39-8)26(36)34-24-16-18-32(20-24,27(37)40-21-23-14-10-9-11-15-23)17-12-13-19-33-42-30(4,5)31(6,7)43-33/h9-11,14-15,24-25H,12-13,16-22H2,1-8H3,(H,34,36)(H,35,38)/t24-,25-,32+/m0/s1. The topological polar surface area (TPSA) is 121 Å². The highest BCUT2D eigenvalue weighted by Gasteiger charge is 2.51. The van der Waals surface area contributed by atoms with Crippen molar-refractivity contribution in [2.24, 2.45) is 5.41 Å². The van der Waals surface area contributed by atoms with Crippen LogP contribution in [0.25, 0.3) is 0 Å². The van der Waals surface area contributed by atoms with Gasteiger partial charge in [-0.25, -0.2) is 4.79 Å². The number of ether oxygens (including phenoxy) is 3. The van der Waals surface area contributed by atoms with Crippen molar-refractivity contribution in [3.05, 3.63) is 35.9 Å². The number of unbranched alkanes of at least 4 members (excludes halogenated alkanes) is 1. The van der Waals surface area contributed by atoms with Gasteiger partial charge in [0.1, 0.15) is 18.2 Å². The van der Waals surface area contributed by atoms with Crippen molar-refractivity contribution in [1.29, 1.82) is 0 Å². The fourth-order valence-corrected chi connectivity index (χ4v) is 5.60. The molecule has 3 atom stereocenters. The molecule has 1 saturated carbocycles. The first-order valence-corrected chi connectivity index (χ1v) is 15.4. The van der Waals surface area contributed by atoms with Crippen LogP contribution < -0.4 is 10.6 Å². The lowest BCUT2D eigenvalue weighted by molar-refractivity contribution is -0.158. The molecule has 0 aromatic heterocycles. The molecule has 240 valence electrons. The van der Waals surface area contributed by atoms with Gasteiger partial charge in [0.2, 0.25) is 5.91 Å². The Labute approximate surface area is 257 Å². The second-order valence-electron chi connectivity index (χ2n) is 13.9. The molecule has 2 fully saturated rings. The molecular weight excluding hydrogens is 551 g/mol. The van der Waals surface area contributed by atoms with Crippen molar-refractivity contribution in [2.75, 3.05) is 13.7 Å². The molecule has 10 nitrogen and oxygen atoms in total. The summed E-state index contributed by atoms with van der Waals surface area (Å²) in [7, 11) is 1.18. The lowest BCUT2D eigenvalue weighted by Gasteiger charge is -2.32. The quantitative estimate of drug-likeness (QED) is 0.180. The number of esters is 1. The predicted octanol–water partition coefficient (Wildman–Crippen LogP) is 5.19. The molecule has 11 heteroatoms. The van der Waals surface area contributed by atoms with Crippen molar-refractivity contribution in [3.63, 3.8) is 0 Å². The van der Waals surface area contributed by atoms with Crippen LogP contribution in [0.3, 0.4) is 0 Å². The normalized spacial score (nSPS) is 23.4. The summed E-state index contributed by atoms with van der Waals surface area (Å²) in [5.74, 6) is -0.629. The van der Waals surface area contributed by atoms with Gasteiger partial charge in [0, 0.05) is 13.2 Å². The first-order chi connectivity index (χ1) is 20.1. The minimum atomic E-state index is -0.931. The molecule has 1 heterocycles. The third-order valence-electron chi connectivity index (χ3n) is 8.59. The molecule has 2 amide bonds. The fourth-order valence-electron chi connectivity index (χ4n) is 5.60. The second kappa shape index (κ2) is 14.4. The number of hydrogen-bond acceptors (Lipinski definition) is 8. The van der Waals surface area contributed by atoms with E-state index in [9.17, 15) is 14.4 Å². The van der Waals surface area contributed by atoms with E-state index in [1.807, 2.05) is 58.0 Å². The minimum absolute atomic E-state index is 0.0129. The number of alkyl carbamates (subject to hydrolysis) is 1. The summed E-state index contributed by atoms with van der Waals surface area (Å²) in [4.78, 5) is 39.2. The smallest absolute Gasteiger partial charge is 0.457 e. The Hall–Kier alpha value is -2.63. The van der Waals surface area contributed by atoms with Crippen molar-refractivity contribution < 1.29 is 37.9 Å². The Morgan fingerprint density at radius 3 is 2.30 bits per heavy atom. The summed E-state index contributed by atoms with van der Waals surface area (Å²) in [5, 5.41) is 5.63. The minimum Gasteiger partial charge on any atom is -0.460 e. The van der Waals surface area contributed by atoms with Crippen LogP contribution >= 0.6 is 0 Å². The molecule has 0 unspecified atom stereocenters. The summed E-state index contributed by atoms with van der Waals surface area (Å²) in [5.41, 5.74) is -1.26. The molecular formula is C32H51BN2O8. The van der Waals surface area contributed by atoms with Crippen molar-refractivity contribution in [2.45, 2.75) is 129 Å². The van der Waals surface area contributed by atoms with E-state index in [4.69, 9.17) is 23.5 Å². The van der Waals surface area contributed by atoms with E-state index in [2.05, 4.69) is 10.6 Å². The monoisotopic (exact) mass is 602 g/mol. The van der Waals surface area contributed by atoms with E-state index in [1.54, 1.807) is 20.8 Å². The number of rotatable bonds is 13. The van der Waals surface area contributed by atoms with Crippen LogP contribution in [0.4, 0.5) is 4.79 Å². The van der Waals surface area contributed by atoms with Crippen LogP contribution in [-0.2, 0) is 39.7 Å². The summed E-state index contributed by atoms with van der Waals surface area (Å²) in [6, 6.07) is 8.42. The molecule has 2 N–H and O–H groups in total. The highest BCUT2D eigenvalue weighted by Crippen LogP contribution is 2.44. The van der Waals surface area contributed by atoms with Gasteiger partial charge >= 0.3 is 19.2 Å². The number of carbonyl (C=O) groups is 3. The van der Waals surface area contributed by atoms with Gasteiger partial charge in [0.25, 0.3) is 0 Å². The fraction of sp³-hybridized carbons (Fsp3) is 0.719. The average molecular weight is 603 g/mol. The molecule has 1 aliphatic heterocycles. The third-order valence-corrected chi connectivity index (χ3v) is 8.59. The summed E-state index contributed by atoms with van der Waals surface area (Å²) < 4.78 is 28.6. The molecule has 1 aliphatic carbocycles. The lowest BCUT2D eigenvalue weighted by atomic mass is 9.77. The molecule has 0 bridgehead atoms. The average Bonchev–Trinajstić information content (AvgIpc) is 3.41. The van der Waals surface area contributed by atoms with Gasteiger partial charge in [0.15, 0.2) is 0 Å². The first-order valence-electron chi connectivity index (χ1n) is 15.4. The number of methoxy groups -OCH3 is 1. The molecule has 1 saturated heterocycles. The maximum absolute atomic E-state index is 13.6. The van der Waals surface area contributed by atoms with E-state index in [1.165, 1.54) is 7.11 Å². The lowest BCUT2D eigenvalue weighted by Crippen LogP contribution is -2.52. The Balaban J connectivity index is 1.62. The van der Waals surface area contributed by atoms with E-state index in [0.29, 0.717) is 25.7 Å². The molecule has 1 aromatic carbocycles. The van der Waals surface area contributed by atoms with E-state index in [-0.39, 0.29) is 49.5 Å². The summed E-state index contributed by atoms with van der Waals surface area (Å²) in [6.45, 7) is 13.6. The summed E-state index contributed by atoms with van der Waals surface area (Å²) >= 11 is 0. The van der Waals surface area contributed by atoms with E-state index >= 15 is 0 Å². The van der Waals surface area contributed by atoms with Crippen LogP contribution in [0.1, 0.15) is 92.6 Å². The zero-order valence-corrected chi connectivity index (χ0v) is 27.2. The SMILES string of the molecule is COC[C@H](NC(=O)OC(C)(C)C)C(=O)N[C@H]1CC[C@@](CCCCB2OC(C)(C)C(C)(C)O2)(C(=O)OCc2ccccc2)C1. The Morgan fingerprint density at radius 2 is 1.70 bits per heavy atom. The van der Waals surface area contributed by atoms with Gasteiger partial charge in [-0.2, -0.15) is 0 Å². The molecule has 0 radical (unpaired) electrons. The molecule has 43 heavy (non-hydrogen) atoms. The zero-order valence-electron chi connectivity index (χ0n) is 27.2. The van der Waals surface area contributed by atoms with Crippen LogP contribution in [0.2, 0.25) is 6.32 Å². The number of benzene rings is 1. The second-order valence-corrected chi connectivity index (χ2v) is 13.9. The summed E-state index contributed by atoms with van der Waals surface area (Å²) in [6.07, 6.45) is 3.95. The van der Waals surface area contributed by atoms with Gasteiger partial charge < -0.3 is 34.2 Å². The van der Waals surface area contributed by atoms with Crippen LogP contribution in [0.15, 0.2) is 30.3 Å². The Morgan fingerprint density at radius 1 is 1.05 bits per heavy atom. The third kappa shape index (κ3) is 9.94. The van der Waals surface area contributed by atoms with Crippen LogP contribution in [0.5, 0.6) is 0 Å². The molecule has 2 aliphatic rings. The van der Waals surface area contributed by atoms with Crippen LogP contribution in [0, 0.1) is 5.41 Å². The van der Waals surface area contributed by atoms with Gasteiger partial charge in [-0.1, -0.05) is 43.2 Å². The van der Waals surface area contributed by atoms with Crippen molar-refractivity contribution in [3.8, 4) is 0 Å². The highest BCUT2D eigenvalue weighted by atomic mass is 16.7. The van der Waals surface area contributed by atoms with Gasteiger partial charge in [-0.15, -0.1) is 0 Å². The number of carbonyl (C=O) groups excluding carboxylic acids is 3. The Bertz CT molecular complexity index is 1070. The van der Waals surface area contributed by atoms with E-state index < -0.39 is 23.2 Å². The first kappa shape index (κ1) is 34.9. The predicted molar refractivity (Wildman–Crippen MR) is 164 cm³/mol. The molecule has 3 rings (SSSR count). The van der Waals surface area contributed by atoms with Crippen LogP contribution in [-0.4, -0.2) is 67.7 Å². The number of hydrogen-bond donors (Lipinski definition) is 2. The molecule has 1 aromatic rings. The maximum Gasteiger partial charge on any atom is 0.457 e. The largest absolute Gasteiger partial charge is 0.460 e. The van der Waals surface area contributed by atoms with Gasteiger partial charge in [0.05, 0.1) is 23.2 Å². The maximum atomic E-state index is 13.6. The van der Waals surface area contributed by atoms with Crippen molar-refractivity contribution >= 4 is 25.1 Å². The Kier molecular flexibility index (Phi) is 11.7. The zero-order chi connectivity index (χ0) is 31.9. The molecule has 0 spiro atoms. The van der Waals surface area contributed by atoms with E-state index in [0.717, 1.165) is 24.7 Å². The van der Waals surface area contributed by atoms with Gasteiger partial charge in [-0.3, -0.25) is 9.59 Å². The number of nitrogens with one attached hydrogen (secondary N) is 2.